The van der Waals surface area contributed by atoms with Gasteiger partial charge < -0.3 is 9.42 Å². The highest BCUT2D eigenvalue weighted by atomic mass is 32.1. The van der Waals surface area contributed by atoms with Crippen LogP contribution >= 0.6 is 11.3 Å². The molecule has 0 spiro atoms. The van der Waals surface area contributed by atoms with E-state index < -0.39 is 0 Å². The molecule has 3 aromatic rings. The van der Waals surface area contributed by atoms with Gasteiger partial charge in [-0.2, -0.15) is 4.98 Å². The Labute approximate surface area is 132 Å². The summed E-state index contributed by atoms with van der Waals surface area (Å²) in [6.07, 6.45) is 4.64. The second-order valence-corrected chi connectivity index (χ2v) is 6.43. The van der Waals surface area contributed by atoms with Crippen LogP contribution in [0.2, 0.25) is 0 Å². The number of aromatic nitrogens is 4. The molecule has 0 amide bonds. The van der Waals surface area contributed by atoms with Crippen molar-refractivity contribution in [2.75, 3.05) is 18.0 Å². The van der Waals surface area contributed by atoms with Gasteiger partial charge in [0.2, 0.25) is 5.89 Å². The molecule has 0 N–H and O–H groups in total. The molecule has 0 aromatic carbocycles. The van der Waals surface area contributed by atoms with E-state index in [0.717, 1.165) is 60.1 Å². The summed E-state index contributed by atoms with van der Waals surface area (Å²) < 4.78 is 6.42. The van der Waals surface area contributed by atoms with Gasteiger partial charge in [-0.05, 0) is 24.3 Å². The van der Waals surface area contributed by atoms with Crippen molar-refractivity contribution in [1.29, 1.82) is 0 Å². The van der Waals surface area contributed by atoms with Crippen molar-refractivity contribution in [3.63, 3.8) is 0 Å². The highest BCUT2D eigenvalue weighted by molar-refractivity contribution is 7.17. The van der Waals surface area contributed by atoms with E-state index in [1.807, 2.05) is 13.0 Å². The Morgan fingerprint density at radius 2 is 2.36 bits per heavy atom. The van der Waals surface area contributed by atoms with Crippen LogP contribution in [0.15, 0.2) is 22.3 Å². The third-order valence-electron chi connectivity index (χ3n) is 4.10. The molecular weight excluding hydrogens is 298 g/mol. The second-order valence-electron chi connectivity index (χ2n) is 5.52. The molecule has 4 heterocycles. The first-order valence-corrected chi connectivity index (χ1v) is 8.48. The van der Waals surface area contributed by atoms with E-state index in [9.17, 15) is 0 Å². The van der Waals surface area contributed by atoms with E-state index in [-0.39, 0.29) is 0 Å². The Balaban J connectivity index is 1.62. The molecule has 6 nitrogen and oxygen atoms in total. The van der Waals surface area contributed by atoms with Gasteiger partial charge in [0.15, 0.2) is 5.82 Å². The van der Waals surface area contributed by atoms with Crippen molar-refractivity contribution < 1.29 is 4.52 Å². The quantitative estimate of drug-likeness (QED) is 0.740. The first kappa shape index (κ1) is 13.6. The Morgan fingerprint density at radius 1 is 1.41 bits per heavy atom. The van der Waals surface area contributed by atoms with Gasteiger partial charge in [-0.25, -0.2) is 9.97 Å². The fourth-order valence-corrected chi connectivity index (χ4v) is 3.82. The van der Waals surface area contributed by atoms with Crippen LogP contribution in [0.25, 0.3) is 10.2 Å². The molecule has 0 bridgehead atoms. The minimum atomic E-state index is 0.308. The van der Waals surface area contributed by atoms with Crippen molar-refractivity contribution >= 4 is 27.4 Å². The Hall–Kier alpha value is -2.02. The predicted octanol–water partition coefficient (Wildman–Crippen LogP) is 3.02. The number of aryl methyl sites for hydroxylation is 1. The summed E-state index contributed by atoms with van der Waals surface area (Å²) in [7, 11) is 0. The summed E-state index contributed by atoms with van der Waals surface area (Å²) in [6, 6.07) is 2.04. The minimum Gasteiger partial charge on any atom is -0.355 e. The first-order chi connectivity index (χ1) is 10.8. The number of fused-ring (bicyclic) bond motifs is 1. The summed E-state index contributed by atoms with van der Waals surface area (Å²) >= 11 is 1.70. The fourth-order valence-electron chi connectivity index (χ4n) is 2.96. The van der Waals surface area contributed by atoms with E-state index >= 15 is 0 Å². The van der Waals surface area contributed by atoms with Gasteiger partial charge in [0, 0.05) is 25.4 Å². The SMILES string of the molecule is CCc1nc(C2CCCN(c3ncnc4ccsc34)C2)no1. The number of thiophene rings is 1. The van der Waals surface area contributed by atoms with E-state index in [1.54, 1.807) is 17.7 Å². The number of rotatable bonds is 3. The van der Waals surface area contributed by atoms with Crippen LogP contribution in [0.3, 0.4) is 0 Å². The molecule has 1 fully saturated rings. The van der Waals surface area contributed by atoms with Crippen LogP contribution in [-0.4, -0.2) is 33.2 Å². The lowest BCUT2D eigenvalue weighted by Crippen LogP contribution is -2.35. The van der Waals surface area contributed by atoms with Gasteiger partial charge in [-0.3, -0.25) is 0 Å². The number of nitrogens with zero attached hydrogens (tertiary/aromatic N) is 5. The van der Waals surface area contributed by atoms with Crippen LogP contribution < -0.4 is 4.90 Å². The lowest BCUT2D eigenvalue weighted by atomic mass is 9.97. The average Bonchev–Trinajstić information content (AvgIpc) is 3.23. The molecule has 1 aliphatic rings. The van der Waals surface area contributed by atoms with Crippen molar-refractivity contribution in [2.45, 2.75) is 32.1 Å². The molecular formula is C15H17N5OS. The van der Waals surface area contributed by atoms with Gasteiger partial charge >= 0.3 is 0 Å². The van der Waals surface area contributed by atoms with E-state index in [1.165, 1.54) is 0 Å². The molecule has 0 radical (unpaired) electrons. The molecule has 1 atom stereocenters. The van der Waals surface area contributed by atoms with Crippen molar-refractivity contribution in [2.24, 2.45) is 0 Å². The van der Waals surface area contributed by atoms with E-state index in [0.29, 0.717) is 5.92 Å². The average molecular weight is 315 g/mol. The summed E-state index contributed by atoms with van der Waals surface area (Å²) in [6.45, 7) is 3.92. The van der Waals surface area contributed by atoms with Crippen molar-refractivity contribution in [1.82, 2.24) is 20.1 Å². The molecule has 0 saturated carbocycles. The molecule has 1 unspecified atom stereocenters. The molecule has 114 valence electrons. The normalized spacial score (nSPS) is 19.0. The summed E-state index contributed by atoms with van der Waals surface area (Å²) in [4.78, 5) is 15.7. The zero-order valence-electron chi connectivity index (χ0n) is 12.4. The van der Waals surface area contributed by atoms with Crippen LogP contribution in [0.1, 0.15) is 37.4 Å². The van der Waals surface area contributed by atoms with E-state index in [2.05, 4.69) is 30.4 Å². The standard InChI is InChI=1S/C15H17N5OS/c1-2-12-18-14(19-21-12)10-4-3-6-20(8-10)15-13-11(5-7-22-13)16-9-17-15/h5,7,9-10H,2-4,6,8H2,1H3. The second kappa shape index (κ2) is 5.64. The number of hydrogen-bond acceptors (Lipinski definition) is 7. The summed E-state index contributed by atoms with van der Waals surface area (Å²) in [5.74, 6) is 2.89. The lowest BCUT2D eigenvalue weighted by Gasteiger charge is -2.32. The minimum absolute atomic E-state index is 0.308. The number of hydrogen-bond donors (Lipinski definition) is 0. The first-order valence-electron chi connectivity index (χ1n) is 7.60. The third kappa shape index (κ3) is 2.35. The molecule has 4 rings (SSSR count). The lowest BCUT2D eigenvalue weighted by molar-refractivity contribution is 0.368. The smallest absolute Gasteiger partial charge is 0.226 e. The maximum Gasteiger partial charge on any atom is 0.226 e. The number of piperidine rings is 1. The molecule has 22 heavy (non-hydrogen) atoms. The van der Waals surface area contributed by atoms with Crippen LogP contribution in [0, 0.1) is 0 Å². The van der Waals surface area contributed by atoms with Gasteiger partial charge in [-0.15, -0.1) is 11.3 Å². The Bertz CT molecular complexity index is 783. The van der Waals surface area contributed by atoms with Gasteiger partial charge in [-0.1, -0.05) is 12.1 Å². The fraction of sp³-hybridized carbons (Fsp3) is 0.467. The Morgan fingerprint density at radius 3 is 3.23 bits per heavy atom. The van der Waals surface area contributed by atoms with Crippen LogP contribution in [0.4, 0.5) is 5.82 Å². The zero-order chi connectivity index (χ0) is 14.9. The van der Waals surface area contributed by atoms with Crippen molar-refractivity contribution in [3.05, 3.63) is 29.5 Å². The molecule has 0 aliphatic carbocycles. The number of anilines is 1. The highest BCUT2D eigenvalue weighted by Gasteiger charge is 2.27. The molecule has 1 saturated heterocycles. The Kier molecular flexibility index (Phi) is 3.49. The van der Waals surface area contributed by atoms with Crippen LogP contribution in [-0.2, 0) is 6.42 Å². The van der Waals surface area contributed by atoms with E-state index in [4.69, 9.17) is 4.52 Å². The predicted molar refractivity (Wildman–Crippen MR) is 85.3 cm³/mol. The molecule has 3 aromatic heterocycles. The maximum atomic E-state index is 5.26. The summed E-state index contributed by atoms with van der Waals surface area (Å²) in [5, 5.41) is 6.21. The largest absolute Gasteiger partial charge is 0.355 e. The van der Waals surface area contributed by atoms with Crippen LogP contribution in [0.5, 0.6) is 0 Å². The van der Waals surface area contributed by atoms with Crippen molar-refractivity contribution in [3.8, 4) is 0 Å². The van der Waals surface area contributed by atoms with Gasteiger partial charge in [0.05, 0.1) is 10.2 Å². The topological polar surface area (TPSA) is 67.9 Å². The monoisotopic (exact) mass is 315 g/mol. The summed E-state index contributed by atoms with van der Waals surface area (Å²) in [5.41, 5.74) is 1.02. The maximum absolute atomic E-state index is 5.26. The van der Waals surface area contributed by atoms with Gasteiger partial charge in [0.1, 0.15) is 12.1 Å². The molecule has 1 aliphatic heterocycles. The highest BCUT2D eigenvalue weighted by Crippen LogP contribution is 2.33. The molecule has 7 heteroatoms. The zero-order valence-corrected chi connectivity index (χ0v) is 13.2. The third-order valence-corrected chi connectivity index (χ3v) is 5.00. The van der Waals surface area contributed by atoms with Gasteiger partial charge in [0.25, 0.3) is 0 Å².